The number of rotatable bonds is 2. The maximum Gasteiger partial charge on any atom is 0.302 e. The van der Waals surface area contributed by atoms with Gasteiger partial charge in [0.1, 0.15) is 6.10 Å². The SMILES string of the molecule is CC(=O)O[C@@H]1CC[C@@]2(C)[C@@H](CC[C@H]3[C@@H]2CC[C@]2(C)C(C(C)=O)=CC[C@@H]32)C1. The van der Waals surface area contributed by atoms with Crippen LogP contribution < -0.4 is 0 Å². The Kier molecular flexibility index (Phi) is 4.36. The van der Waals surface area contributed by atoms with Crippen molar-refractivity contribution < 1.29 is 14.3 Å². The van der Waals surface area contributed by atoms with Gasteiger partial charge in [-0.3, -0.25) is 9.59 Å². The highest BCUT2D eigenvalue weighted by Gasteiger charge is 2.59. The third-order valence-corrected chi connectivity index (χ3v) is 8.91. The molecule has 3 saturated carbocycles. The molecular weight excluding hydrogens is 324 g/mol. The Bertz CT molecular complexity index is 650. The summed E-state index contributed by atoms with van der Waals surface area (Å²) in [6.45, 7) is 8.17. The highest BCUT2D eigenvalue weighted by molar-refractivity contribution is 5.95. The van der Waals surface area contributed by atoms with Crippen LogP contribution in [0.5, 0.6) is 0 Å². The Morgan fingerprint density at radius 3 is 2.50 bits per heavy atom. The fourth-order valence-corrected chi connectivity index (χ4v) is 7.67. The van der Waals surface area contributed by atoms with Crippen LogP contribution in [0.2, 0.25) is 0 Å². The first kappa shape index (κ1) is 18.3. The van der Waals surface area contributed by atoms with Gasteiger partial charge in [0.05, 0.1) is 0 Å². The van der Waals surface area contributed by atoms with E-state index in [-0.39, 0.29) is 23.3 Å². The van der Waals surface area contributed by atoms with Gasteiger partial charge in [-0.2, -0.15) is 0 Å². The molecule has 0 heterocycles. The predicted molar refractivity (Wildman–Crippen MR) is 101 cm³/mol. The van der Waals surface area contributed by atoms with E-state index >= 15 is 0 Å². The minimum atomic E-state index is -0.130. The molecule has 0 unspecified atom stereocenters. The van der Waals surface area contributed by atoms with E-state index in [0.29, 0.717) is 17.3 Å². The largest absolute Gasteiger partial charge is 0.463 e. The summed E-state index contributed by atoms with van der Waals surface area (Å²) in [6.07, 6.45) is 11.7. The van der Waals surface area contributed by atoms with Crippen LogP contribution in [0.1, 0.15) is 79.1 Å². The van der Waals surface area contributed by atoms with Gasteiger partial charge in [-0.05, 0) is 98.4 Å². The van der Waals surface area contributed by atoms with E-state index in [2.05, 4.69) is 19.9 Å². The second-order valence-electron chi connectivity index (χ2n) is 10.0. The maximum atomic E-state index is 12.2. The van der Waals surface area contributed by atoms with E-state index in [9.17, 15) is 9.59 Å². The summed E-state index contributed by atoms with van der Waals surface area (Å²) in [5, 5.41) is 0. The number of hydrogen-bond donors (Lipinski definition) is 0. The molecule has 3 heteroatoms. The number of carbonyl (C=O) groups excluding carboxylic acids is 2. The van der Waals surface area contributed by atoms with Crippen LogP contribution in [-0.2, 0) is 14.3 Å². The van der Waals surface area contributed by atoms with Gasteiger partial charge < -0.3 is 4.74 Å². The van der Waals surface area contributed by atoms with Crippen LogP contribution in [0.3, 0.4) is 0 Å². The molecule has 0 aliphatic heterocycles. The lowest BCUT2D eigenvalue weighted by Crippen LogP contribution is -2.54. The lowest BCUT2D eigenvalue weighted by molar-refractivity contribution is -0.159. The zero-order valence-corrected chi connectivity index (χ0v) is 16.8. The second-order valence-corrected chi connectivity index (χ2v) is 10.0. The topological polar surface area (TPSA) is 43.4 Å². The molecule has 4 aliphatic rings. The molecule has 0 N–H and O–H groups in total. The molecule has 7 atom stereocenters. The standard InChI is InChI=1S/C23H34O3/c1-14(24)19-7-8-20-18-6-5-16-13-17(26-15(2)25)9-11-22(16,3)21(18)10-12-23(19,20)4/h7,16-18,20-21H,5-6,8-13H2,1-4H3/t16-,17+,18+,20-,21-,22-,23+/m0/s1. The zero-order valence-electron chi connectivity index (χ0n) is 16.8. The van der Waals surface area contributed by atoms with Crippen molar-refractivity contribution in [1.82, 2.24) is 0 Å². The number of fused-ring (bicyclic) bond motifs is 5. The van der Waals surface area contributed by atoms with Crippen LogP contribution >= 0.6 is 0 Å². The Labute approximate surface area is 157 Å². The number of allylic oxidation sites excluding steroid dienone is 2. The minimum absolute atomic E-state index is 0.116. The van der Waals surface area contributed by atoms with Gasteiger partial charge in [0.15, 0.2) is 5.78 Å². The third-order valence-electron chi connectivity index (χ3n) is 8.91. The van der Waals surface area contributed by atoms with Crippen molar-refractivity contribution in [2.45, 2.75) is 85.2 Å². The third kappa shape index (κ3) is 2.60. The van der Waals surface area contributed by atoms with E-state index in [1.807, 2.05) is 0 Å². The van der Waals surface area contributed by atoms with Gasteiger partial charge >= 0.3 is 5.97 Å². The Balaban J connectivity index is 1.54. The van der Waals surface area contributed by atoms with Crippen molar-refractivity contribution in [3.63, 3.8) is 0 Å². The van der Waals surface area contributed by atoms with Crippen LogP contribution in [0.15, 0.2) is 11.6 Å². The van der Waals surface area contributed by atoms with E-state index in [0.717, 1.165) is 36.7 Å². The maximum absolute atomic E-state index is 12.2. The fraction of sp³-hybridized carbons (Fsp3) is 0.826. The fourth-order valence-electron chi connectivity index (χ4n) is 7.67. The van der Waals surface area contributed by atoms with Crippen molar-refractivity contribution in [3.05, 3.63) is 11.6 Å². The lowest BCUT2D eigenvalue weighted by atomic mass is 9.44. The van der Waals surface area contributed by atoms with Gasteiger partial charge in [-0.1, -0.05) is 19.9 Å². The van der Waals surface area contributed by atoms with E-state index < -0.39 is 0 Å². The summed E-state index contributed by atoms with van der Waals surface area (Å²) in [4.78, 5) is 23.5. The molecule has 26 heavy (non-hydrogen) atoms. The van der Waals surface area contributed by atoms with E-state index in [1.54, 1.807) is 6.92 Å². The molecular formula is C23H34O3. The Morgan fingerprint density at radius 2 is 1.81 bits per heavy atom. The molecule has 0 aromatic rings. The monoisotopic (exact) mass is 358 g/mol. The highest BCUT2D eigenvalue weighted by atomic mass is 16.5. The molecule has 0 bridgehead atoms. The number of hydrogen-bond acceptors (Lipinski definition) is 3. The van der Waals surface area contributed by atoms with Gasteiger partial charge in [-0.25, -0.2) is 0 Å². The molecule has 0 saturated heterocycles. The molecule has 0 spiro atoms. The Morgan fingerprint density at radius 1 is 1.04 bits per heavy atom. The first-order chi connectivity index (χ1) is 12.3. The van der Waals surface area contributed by atoms with Gasteiger partial charge in [0.2, 0.25) is 0 Å². The molecule has 4 rings (SSSR count). The first-order valence-corrected chi connectivity index (χ1v) is 10.6. The number of ketones is 1. The van der Waals surface area contributed by atoms with Crippen molar-refractivity contribution in [1.29, 1.82) is 0 Å². The highest BCUT2D eigenvalue weighted by Crippen LogP contribution is 2.66. The molecule has 0 aromatic heterocycles. The molecule has 4 aliphatic carbocycles. The van der Waals surface area contributed by atoms with Crippen LogP contribution in [0.25, 0.3) is 0 Å². The van der Waals surface area contributed by atoms with Crippen LogP contribution in [0.4, 0.5) is 0 Å². The summed E-state index contributed by atoms with van der Waals surface area (Å²) in [5.74, 6) is 3.03. The average Bonchev–Trinajstić information content (AvgIpc) is 2.92. The Hall–Kier alpha value is -1.12. The van der Waals surface area contributed by atoms with Gasteiger partial charge in [-0.15, -0.1) is 0 Å². The molecule has 0 aromatic carbocycles. The van der Waals surface area contributed by atoms with Crippen molar-refractivity contribution >= 4 is 11.8 Å². The van der Waals surface area contributed by atoms with Crippen LogP contribution in [0, 0.1) is 34.5 Å². The number of carbonyl (C=O) groups is 2. The lowest BCUT2D eigenvalue weighted by Gasteiger charge is -2.60. The van der Waals surface area contributed by atoms with Gasteiger partial charge in [0.25, 0.3) is 0 Å². The summed E-state index contributed by atoms with van der Waals surface area (Å²) >= 11 is 0. The van der Waals surface area contributed by atoms with Gasteiger partial charge in [0, 0.05) is 6.92 Å². The summed E-state index contributed by atoms with van der Waals surface area (Å²) in [5.41, 5.74) is 1.62. The first-order valence-electron chi connectivity index (χ1n) is 10.6. The zero-order chi connectivity index (χ0) is 18.7. The van der Waals surface area contributed by atoms with Crippen molar-refractivity contribution in [2.24, 2.45) is 34.5 Å². The van der Waals surface area contributed by atoms with Crippen LogP contribution in [-0.4, -0.2) is 17.9 Å². The van der Waals surface area contributed by atoms with E-state index in [4.69, 9.17) is 4.74 Å². The molecule has 144 valence electrons. The minimum Gasteiger partial charge on any atom is -0.463 e. The summed E-state index contributed by atoms with van der Waals surface area (Å²) in [7, 11) is 0. The van der Waals surface area contributed by atoms with Crippen molar-refractivity contribution in [3.8, 4) is 0 Å². The molecule has 0 radical (unpaired) electrons. The number of ether oxygens (including phenoxy) is 1. The van der Waals surface area contributed by atoms with E-state index in [1.165, 1.54) is 39.0 Å². The summed E-state index contributed by atoms with van der Waals surface area (Å²) in [6, 6.07) is 0. The number of esters is 1. The number of Topliss-reactive ketones (excluding diaryl/α,β-unsaturated/α-hetero) is 1. The molecule has 3 fully saturated rings. The quantitative estimate of drug-likeness (QED) is 0.646. The van der Waals surface area contributed by atoms with Crippen molar-refractivity contribution in [2.75, 3.05) is 0 Å². The molecule has 0 amide bonds. The normalized spacial score (nSPS) is 47.2. The smallest absolute Gasteiger partial charge is 0.302 e. The predicted octanol–water partition coefficient (Wildman–Crippen LogP) is 5.09. The molecule has 3 nitrogen and oxygen atoms in total. The average molecular weight is 359 g/mol. The second kappa shape index (κ2) is 6.21. The summed E-state index contributed by atoms with van der Waals surface area (Å²) < 4.78 is 5.56.